The van der Waals surface area contributed by atoms with Crippen molar-refractivity contribution in [3.63, 3.8) is 0 Å². The second kappa shape index (κ2) is 5.51. The van der Waals surface area contributed by atoms with Gasteiger partial charge in [0.2, 0.25) is 0 Å². The lowest BCUT2D eigenvalue weighted by Gasteiger charge is -2.19. The third-order valence-electron chi connectivity index (χ3n) is 2.38. The Morgan fingerprint density at radius 1 is 1.35 bits per heavy atom. The van der Waals surface area contributed by atoms with Crippen LogP contribution >= 0.6 is 0 Å². The molecule has 0 aromatic heterocycles. The molecular weight excluding hydrogens is 226 g/mol. The van der Waals surface area contributed by atoms with Crippen LogP contribution in [0.4, 0.5) is 0 Å². The molecule has 2 unspecified atom stereocenters. The average molecular weight is 241 g/mol. The lowest BCUT2D eigenvalue weighted by molar-refractivity contribution is -0.141. The van der Waals surface area contributed by atoms with Crippen LogP contribution in [0.3, 0.4) is 0 Å². The van der Waals surface area contributed by atoms with E-state index in [1.54, 1.807) is 12.1 Å². The van der Waals surface area contributed by atoms with E-state index in [1.807, 2.05) is 0 Å². The summed E-state index contributed by atoms with van der Waals surface area (Å²) in [5.41, 5.74) is 5.64. The monoisotopic (exact) mass is 241 g/mol. The molecule has 0 saturated heterocycles. The fraction of sp³-hybridized carbons (Fsp3) is 0.364. The molecule has 0 aliphatic carbocycles. The molecule has 6 nitrogen and oxygen atoms in total. The van der Waals surface area contributed by atoms with Crippen LogP contribution in [0.2, 0.25) is 0 Å². The third kappa shape index (κ3) is 2.66. The molecule has 0 heterocycles. The molecule has 0 aliphatic rings. The first kappa shape index (κ1) is 13.3. The van der Waals surface area contributed by atoms with Crippen LogP contribution in [-0.2, 0) is 4.79 Å². The Kier molecular flexibility index (Phi) is 4.30. The maximum absolute atomic E-state index is 10.7. The maximum atomic E-state index is 10.7. The summed E-state index contributed by atoms with van der Waals surface area (Å²) < 4.78 is 10.1. The summed E-state index contributed by atoms with van der Waals surface area (Å²) in [6, 6.07) is 3.38. The Balaban J connectivity index is 3.17. The molecule has 4 N–H and O–H groups in total. The number of para-hydroxylation sites is 1. The first-order valence-electron chi connectivity index (χ1n) is 4.90. The summed E-state index contributed by atoms with van der Waals surface area (Å²) in [4.78, 5) is 10.7. The molecule has 1 aromatic carbocycles. The van der Waals surface area contributed by atoms with Crippen molar-refractivity contribution in [2.75, 3.05) is 14.2 Å². The molecule has 0 spiro atoms. The number of hydrogen-bond donors (Lipinski definition) is 3. The van der Waals surface area contributed by atoms with Gasteiger partial charge in [-0.2, -0.15) is 0 Å². The first-order valence-corrected chi connectivity index (χ1v) is 4.90. The van der Waals surface area contributed by atoms with E-state index < -0.39 is 18.1 Å². The molecule has 1 rings (SSSR count). The molecule has 0 fully saturated rings. The highest BCUT2D eigenvalue weighted by atomic mass is 16.5. The van der Waals surface area contributed by atoms with Gasteiger partial charge >= 0.3 is 5.97 Å². The number of aliphatic hydroxyl groups excluding tert-OH is 1. The normalized spacial score (nSPS) is 13.9. The number of aliphatic hydroxyl groups is 1. The van der Waals surface area contributed by atoms with Crippen LogP contribution in [0.1, 0.15) is 11.7 Å². The molecule has 0 radical (unpaired) electrons. The Labute approximate surface area is 98.6 Å². The van der Waals surface area contributed by atoms with Crippen molar-refractivity contribution >= 4 is 5.97 Å². The van der Waals surface area contributed by atoms with Gasteiger partial charge in [-0.05, 0) is 6.07 Å². The van der Waals surface area contributed by atoms with Crippen molar-refractivity contribution in [2.24, 2.45) is 5.73 Å². The first-order chi connectivity index (χ1) is 8.02. The molecule has 1 aromatic rings. The van der Waals surface area contributed by atoms with Gasteiger partial charge < -0.3 is 25.4 Å². The largest absolute Gasteiger partial charge is 0.493 e. The predicted molar refractivity (Wildman–Crippen MR) is 60.1 cm³/mol. The van der Waals surface area contributed by atoms with Gasteiger partial charge in [0.05, 0.1) is 14.2 Å². The topological polar surface area (TPSA) is 102 Å². The summed E-state index contributed by atoms with van der Waals surface area (Å²) in [6.07, 6.45) is -1.36. The Morgan fingerprint density at radius 3 is 2.47 bits per heavy atom. The van der Waals surface area contributed by atoms with Gasteiger partial charge in [0.25, 0.3) is 0 Å². The minimum Gasteiger partial charge on any atom is -0.493 e. The number of nitrogens with two attached hydrogens (primary N) is 1. The Bertz CT molecular complexity index is 407. The molecule has 94 valence electrons. The number of carboxylic acids is 1. The summed E-state index contributed by atoms with van der Waals surface area (Å²) in [5.74, 6) is -0.608. The number of rotatable bonds is 5. The number of carbonyl (C=O) groups is 1. The molecule has 0 saturated carbocycles. The fourth-order valence-electron chi connectivity index (χ4n) is 1.47. The number of aliphatic carboxylic acids is 1. The average Bonchev–Trinajstić information content (AvgIpc) is 2.35. The zero-order valence-electron chi connectivity index (χ0n) is 9.58. The lowest BCUT2D eigenvalue weighted by atomic mass is 10.0. The second-order valence-electron chi connectivity index (χ2n) is 3.39. The summed E-state index contributed by atoms with van der Waals surface area (Å²) in [6.45, 7) is 0. The van der Waals surface area contributed by atoms with E-state index in [0.717, 1.165) is 0 Å². The van der Waals surface area contributed by atoms with Crippen LogP contribution in [0, 0.1) is 0 Å². The Hall–Kier alpha value is -1.79. The number of ether oxygens (including phenoxy) is 2. The van der Waals surface area contributed by atoms with Gasteiger partial charge in [0, 0.05) is 5.56 Å². The van der Waals surface area contributed by atoms with E-state index in [-0.39, 0.29) is 11.3 Å². The van der Waals surface area contributed by atoms with E-state index in [0.29, 0.717) is 5.75 Å². The minimum absolute atomic E-state index is 0.277. The van der Waals surface area contributed by atoms with Gasteiger partial charge in [-0.25, -0.2) is 0 Å². The molecule has 17 heavy (non-hydrogen) atoms. The highest BCUT2D eigenvalue weighted by Gasteiger charge is 2.27. The zero-order chi connectivity index (χ0) is 13.0. The number of hydrogen-bond acceptors (Lipinski definition) is 5. The summed E-state index contributed by atoms with van der Waals surface area (Å²) in [5, 5.41) is 18.6. The molecule has 0 amide bonds. The molecule has 2 atom stereocenters. The van der Waals surface area contributed by atoms with Crippen LogP contribution in [-0.4, -0.2) is 36.4 Å². The summed E-state index contributed by atoms with van der Waals surface area (Å²) in [7, 11) is 2.85. The maximum Gasteiger partial charge on any atom is 0.323 e. The van der Waals surface area contributed by atoms with Crippen molar-refractivity contribution in [1.82, 2.24) is 0 Å². The summed E-state index contributed by atoms with van der Waals surface area (Å²) >= 11 is 0. The van der Waals surface area contributed by atoms with E-state index >= 15 is 0 Å². The van der Waals surface area contributed by atoms with E-state index in [2.05, 4.69) is 0 Å². The SMILES string of the molecule is COc1cccc(C(O)C(N)C(=O)O)c1OC. The number of benzene rings is 1. The van der Waals surface area contributed by atoms with Gasteiger partial charge in [0.1, 0.15) is 12.1 Å². The highest BCUT2D eigenvalue weighted by molar-refractivity contribution is 5.74. The van der Waals surface area contributed by atoms with Crippen molar-refractivity contribution < 1.29 is 24.5 Å². The molecular formula is C11H15NO5. The van der Waals surface area contributed by atoms with Crippen molar-refractivity contribution in [3.8, 4) is 11.5 Å². The number of carboxylic acid groups (broad SMARTS) is 1. The van der Waals surface area contributed by atoms with Crippen LogP contribution in [0.15, 0.2) is 18.2 Å². The predicted octanol–water partition coefficient (Wildman–Crippen LogP) is 0.149. The van der Waals surface area contributed by atoms with Crippen LogP contribution < -0.4 is 15.2 Å². The van der Waals surface area contributed by atoms with Gasteiger partial charge in [-0.1, -0.05) is 12.1 Å². The van der Waals surface area contributed by atoms with E-state index in [4.69, 9.17) is 20.3 Å². The smallest absolute Gasteiger partial charge is 0.323 e. The Morgan fingerprint density at radius 2 is 2.00 bits per heavy atom. The standard InChI is InChI=1S/C11H15NO5/c1-16-7-5-3-4-6(10(7)17-2)9(13)8(12)11(14)15/h3-5,8-9,13H,12H2,1-2H3,(H,14,15). The highest BCUT2D eigenvalue weighted by Crippen LogP contribution is 2.35. The van der Waals surface area contributed by atoms with Crippen LogP contribution in [0.25, 0.3) is 0 Å². The van der Waals surface area contributed by atoms with E-state index in [9.17, 15) is 9.90 Å². The second-order valence-corrected chi connectivity index (χ2v) is 3.39. The van der Waals surface area contributed by atoms with Gasteiger partial charge in [-0.3, -0.25) is 4.79 Å². The van der Waals surface area contributed by atoms with E-state index in [1.165, 1.54) is 20.3 Å². The van der Waals surface area contributed by atoms with Crippen molar-refractivity contribution in [3.05, 3.63) is 23.8 Å². The van der Waals surface area contributed by atoms with Crippen LogP contribution in [0.5, 0.6) is 11.5 Å². The van der Waals surface area contributed by atoms with Crippen molar-refractivity contribution in [2.45, 2.75) is 12.1 Å². The quantitative estimate of drug-likeness (QED) is 0.678. The van der Waals surface area contributed by atoms with Gasteiger partial charge in [0.15, 0.2) is 11.5 Å². The molecule has 6 heteroatoms. The molecule has 0 bridgehead atoms. The number of methoxy groups -OCH3 is 2. The fourth-order valence-corrected chi connectivity index (χ4v) is 1.47. The minimum atomic E-state index is -1.42. The zero-order valence-corrected chi connectivity index (χ0v) is 9.58. The third-order valence-corrected chi connectivity index (χ3v) is 2.38. The van der Waals surface area contributed by atoms with Crippen molar-refractivity contribution in [1.29, 1.82) is 0 Å². The lowest BCUT2D eigenvalue weighted by Crippen LogP contribution is -2.36. The van der Waals surface area contributed by atoms with Gasteiger partial charge in [-0.15, -0.1) is 0 Å². The molecule has 0 aliphatic heterocycles.